The first kappa shape index (κ1) is 15.3. The summed E-state index contributed by atoms with van der Waals surface area (Å²) in [6, 6.07) is 14.0. The molecule has 1 saturated heterocycles. The predicted octanol–water partition coefficient (Wildman–Crippen LogP) is 2.90. The molecule has 2 heterocycles. The fourth-order valence-electron chi connectivity index (χ4n) is 3.18. The van der Waals surface area contributed by atoms with E-state index in [2.05, 4.69) is 70.7 Å². The highest BCUT2D eigenvalue weighted by molar-refractivity contribution is 5.18. The quantitative estimate of drug-likeness (QED) is 0.862. The molecule has 2 N–H and O–H groups in total. The predicted molar refractivity (Wildman–Crippen MR) is 89.6 cm³/mol. The summed E-state index contributed by atoms with van der Waals surface area (Å²) in [5.41, 5.74) is 3.73. The first-order chi connectivity index (χ1) is 10.8. The molecule has 0 amide bonds. The molecule has 0 bridgehead atoms. The molecule has 118 valence electrons. The summed E-state index contributed by atoms with van der Waals surface area (Å²) in [6.45, 7) is 7.60. The van der Waals surface area contributed by atoms with Gasteiger partial charge in [-0.15, -0.1) is 0 Å². The Hall–Kier alpha value is -1.65. The van der Waals surface area contributed by atoms with Crippen molar-refractivity contribution in [3.05, 3.63) is 53.3 Å². The van der Waals surface area contributed by atoms with Gasteiger partial charge in [-0.25, -0.2) is 0 Å². The van der Waals surface area contributed by atoms with Crippen LogP contribution in [0.5, 0.6) is 0 Å². The van der Waals surface area contributed by atoms with Crippen molar-refractivity contribution in [1.82, 2.24) is 20.4 Å². The van der Waals surface area contributed by atoms with Crippen LogP contribution in [0.4, 0.5) is 0 Å². The third-order valence-electron chi connectivity index (χ3n) is 4.68. The molecule has 4 heteroatoms. The van der Waals surface area contributed by atoms with Crippen LogP contribution < -0.4 is 5.32 Å². The summed E-state index contributed by atoms with van der Waals surface area (Å²) in [5, 5.41) is 11.1. The zero-order valence-electron chi connectivity index (χ0n) is 13.5. The van der Waals surface area contributed by atoms with Crippen molar-refractivity contribution in [2.45, 2.75) is 45.3 Å². The molecular formula is C18H26N4. The van der Waals surface area contributed by atoms with E-state index in [4.69, 9.17) is 0 Å². The fourth-order valence-corrected chi connectivity index (χ4v) is 3.18. The number of aromatic amines is 1. The van der Waals surface area contributed by atoms with Gasteiger partial charge in [0.05, 0.1) is 5.69 Å². The number of benzene rings is 1. The van der Waals surface area contributed by atoms with Gasteiger partial charge < -0.3 is 5.32 Å². The lowest BCUT2D eigenvalue weighted by atomic mass is 10.1. The van der Waals surface area contributed by atoms with Gasteiger partial charge in [0.15, 0.2) is 0 Å². The Balaban J connectivity index is 1.49. The van der Waals surface area contributed by atoms with Gasteiger partial charge in [0.25, 0.3) is 0 Å². The summed E-state index contributed by atoms with van der Waals surface area (Å²) in [6.07, 6.45) is 2.20. The molecule has 1 aromatic heterocycles. The van der Waals surface area contributed by atoms with Gasteiger partial charge in [-0.3, -0.25) is 10.00 Å². The number of rotatable bonds is 6. The van der Waals surface area contributed by atoms with Crippen LogP contribution >= 0.6 is 0 Å². The zero-order valence-corrected chi connectivity index (χ0v) is 13.5. The first-order valence-corrected chi connectivity index (χ1v) is 8.31. The summed E-state index contributed by atoms with van der Waals surface area (Å²) in [7, 11) is 0. The molecule has 4 nitrogen and oxygen atoms in total. The number of H-pyrrole nitrogens is 1. The molecule has 22 heavy (non-hydrogen) atoms. The number of nitrogens with one attached hydrogen (secondary N) is 2. The number of aryl methyl sites for hydroxylation is 1. The molecule has 0 spiro atoms. The van der Waals surface area contributed by atoms with Gasteiger partial charge in [0.2, 0.25) is 0 Å². The number of nitrogens with zero attached hydrogens (tertiary/aromatic N) is 2. The summed E-state index contributed by atoms with van der Waals surface area (Å²) in [4.78, 5) is 2.57. The minimum atomic E-state index is 0.492. The van der Waals surface area contributed by atoms with Crippen molar-refractivity contribution in [2.75, 3.05) is 13.1 Å². The van der Waals surface area contributed by atoms with Gasteiger partial charge in [-0.05, 0) is 31.4 Å². The Labute approximate surface area is 132 Å². The Morgan fingerprint density at radius 1 is 1.36 bits per heavy atom. The van der Waals surface area contributed by atoms with Crippen LogP contribution in [-0.2, 0) is 13.0 Å². The summed E-state index contributed by atoms with van der Waals surface area (Å²) >= 11 is 0. The summed E-state index contributed by atoms with van der Waals surface area (Å²) in [5.74, 6) is 0. The minimum absolute atomic E-state index is 0.492. The Bertz CT molecular complexity index is 578. The van der Waals surface area contributed by atoms with Crippen molar-refractivity contribution in [2.24, 2.45) is 0 Å². The SMILES string of the molecule is CCc1cc(CN[C@H]2CCN([C@H](C)c3ccccc3)C2)[nH]n1. The third-order valence-corrected chi connectivity index (χ3v) is 4.68. The molecule has 0 unspecified atom stereocenters. The highest BCUT2D eigenvalue weighted by atomic mass is 15.2. The second-order valence-corrected chi connectivity index (χ2v) is 6.19. The van der Waals surface area contributed by atoms with Crippen molar-refractivity contribution in [3.8, 4) is 0 Å². The highest BCUT2D eigenvalue weighted by Crippen LogP contribution is 2.24. The van der Waals surface area contributed by atoms with Crippen LogP contribution in [0, 0.1) is 0 Å². The van der Waals surface area contributed by atoms with Crippen molar-refractivity contribution in [1.29, 1.82) is 0 Å². The van der Waals surface area contributed by atoms with E-state index in [9.17, 15) is 0 Å². The lowest BCUT2D eigenvalue weighted by Gasteiger charge is -2.24. The normalized spacial score (nSPS) is 20.4. The molecule has 1 aliphatic heterocycles. The molecular weight excluding hydrogens is 272 g/mol. The van der Waals surface area contributed by atoms with E-state index < -0.39 is 0 Å². The Morgan fingerprint density at radius 3 is 2.91 bits per heavy atom. The number of aromatic nitrogens is 2. The van der Waals surface area contributed by atoms with E-state index in [1.807, 2.05) is 0 Å². The monoisotopic (exact) mass is 298 g/mol. The molecule has 0 aliphatic carbocycles. The molecule has 0 saturated carbocycles. The third kappa shape index (κ3) is 3.57. The molecule has 3 rings (SSSR count). The van der Waals surface area contributed by atoms with E-state index in [1.54, 1.807) is 0 Å². The maximum Gasteiger partial charge on any atom is 0.0622 e. The van der Waals surface area contributed by atoms with Crippen molar-refractivity contribution in [3.63, 3.8) is 0 Å². The lowest BCUT2D eigenvalue weighted by molar-refractivity contribution is 0.255. The van der Waals surface area contributed by atoms with Crippen LogP contribution in [0.2, 0.25) is 0 Å². The van der Waals surface area contributed by atoms with E-state index >= 15 is 0 Å². The van der Waals surface area contributed by atoms with Gasteiger partial charge in [-0.1, -0.05) is 37.3 Å². The number of hydrogen-bond acceptors (Lipinski definition) is 3. The van der Waals surface area contributed by atoms with Crippen LogP contribution in [0.1, 0.15) is 43.3 Å². The molecule has 1 aliphatic rings. The topological polar surface area (TPSA) is 44.0 Å². The molecule has 2 atom stereocenters. The maximum absolute atomic E-state index is 4.29. The molecule has 0 radical (unpaired) electrons. The van der Waals surface area contributed by atoms with Crippen molar-refractivity contribution < 1.29 is 0 Å². The number of hydrogen-bond donors (Lipinski definition) is 2. The number of likely N-dealkylation sites (tertiary alicyclic amines) is 1. The summed E-state index contributed by atoms with van der Waals surface area (Å²) < 4.78 is 0. The smallest absolute Gasteiger partial charge is 0.0622 e. The fraction of sp³-hybridized carbons (Fsp3) is 0.500. The van der Waals surface area contributed by atoms with Gasteiger partial charge in [0.1, 0.15) is 0 Å². The van der Waals surface area contributed by atoms with E-state index in [-0.39, 0.29) is 0 Å². The lowest BCUT2D eigenvalue weighted by Crippen LogP contribution is -2.33. The Morgan fingerprint density at radius 2 is 2.18 bits per heavy atom. The van der Waals surface area contributed by atoms with E-state index in [1.165, 1.54) is 17.7 Å². The van der Waals surface area contributed by atoms with Gasteiger partial charge in [-0.2, -0.15) is 5.10 Å². The minimum Gasteiger partial charge on any atom is -0.307 e. The van der Waals surface area contributed by atoms with E-state index in [0.717, 1.165) is 31.7 Å². The van der Waals surface area contributed by atoms with Crippen LogP contribution in [0.15, 0.2) is 36.4 Å². The van der Waals surface area contributed by atoms with Crippen LogP contribution in [-0.4, -0.2) is 34.2 Å². The first-order valence-electron chi connectivity index (χ1n) is 8.31. The molecule has 1 fully saturated rings. The molecule has 1 aromatic carbocycles. The molecule has 2 aromatic rings. The maximum atomic E-state index is 4.29. The van der Waals surface area contributed by atoms with E-state index in [0.29, 0.717) is 12.1 Å². The standard InChI is InChI=1S/C18H26N4/c1-3-16-11-18(21-20-16)12-19-17-9-10-22(13-17)14(2)15-7-5-4-6-8-15/h4-8,11,14,17,19H,3,9-10,12-13H2,1-2H3,(H,20,21)/t14-,17+/m1/s1. The van der Waals surface area contributed by atoms with Gasteiger partial charge >= 0.3 is 0 Å². The van der Waals surface area contributed by atoms with Crippen LogP contribution in [0.25, 0.3) is 0 Å². The van der Waals surface area contributed by atoms with Crippen molar-refractivity contribution >= 4 is 0 Å². The second-order valence-electron chi connectivity index (χ2n) is 6.19. The van der Waals surface area contributed by atoms with Gasteiger partial charge in [0, 0.05) is 37.4 Å². The Kier molecular flexibility index (Phi) is 4.90. The highest BCUT2D eigenvalue weighted by Gasteiger charge is 2.26. The van der Waals surface area contributed by atoms with Crippen LogP contribution in [0.3, 0.4) is 0 Å². The average Bonchev–Trinajstić information content (AvgIpc) is 3.22. The zero-order chi connectivity index (χ0) is 15.4. The largest absolute Gasteiger partial charge is 0.307 e. The average molecular weight is 298 g/mol. The second kappa shape index (κ2) is 7.07.